The molecule has 0 amide bonds. The van der Waals surface area contributed by atoms with Gasteiger partial charge in [-0.1, -0.05) is 176 Å². The highest BCUT2D eigenvalue weighted by Gasteiger charge is 2.22. The Morgan fingerprint density at radius 3 is 2.00 bits per heavy atom. The number of benzene rings is 10. The lowest BCUT2D eigenvalue weighted by atomic mass is 9.95. The molecule has 2 nitrogen and oxygen atoms in total. The van der Waals surface area contributed by atoms with E-state index in [0.717, 1.165) is 39.3 Å². The standard InChI is InChI=1S/C61H42N2/c1-3-12-44(35-39(2)50-32-26-42-14-6-7-18-51(42)61(50)62-48-29-23-40-13-4-5-15-45(40)36-48)47-28-34-59-57(38-47)53-19-8-9-22-58(53)63(59)49-30-24-41(25-31-49)46-27-33-52-54-20-10-16-43-17-11-21-55(60(43)54)56(52)37-46/h3-38,62H,1H2,2H3/b39-35+,44-12+. The van der Waals surface area contributed by atoms with Crippen LogP contribution in [0.4, 0.5) is 11.4 Å². The average Bonchev–Trinajstić information content (AvgIpc) is 3.84. The first-order chi connectivity index (χ1) is 31.1. The normalized spacial score (nSPS) is 12.5. The van der Waals surface area contributed by atoms with Crippen LogP contribution in [-0.4, -0.2) is 4.57 Å². The molecule has 12 rings (SSSR count). The van der Waals surface area contributed by atoms with Crippen molar-refractivity contribution in [1.82, 2.24) is 4.57 Å². The first kappa shape index (κ1) is 36.6. The van der Waals surface area contributed by atoms with Gasteiger partial charge in [0.1, 0.15) is 0 Å². The summed E-state index contributed by atoms with van der Waals surface area (Å²) in [4.78, 5) is 0. The zero-order valence-corrected chi connectivity index (χ0v) is 34.9. The van der Waals surface area contributed by atoms with Gasteiger partial charge < -0.3 is 9.88 Å². The fourth-order valence-electron chi connectivity index (χ4n) is 10.0. The maximum absolute atomic E-state index is 4.14. The molecule has 1 aromatic heterocycles. The van der Waals surface area contributed by atoms with Gasteiger partial charge in [0.2, 0.25) is 0 Å². The number of nitrogens with zero attached hydrogens (tertiary/aromatic N) is 1. The van der Waals surface area contributed by atoms with Crippen molar-refractivity contribution in [2.75, 3.05) is 5.32 Å². The third-order valence-corrected chi connectivity index (χ3v) is 13.0. The first-order valence-electron chi connectivity index (χ1n) is 21.7. The Hall–Kier alpha value is -8.20. The maximum atomic E-state index is 4.14. The van der Waals surface area contributed by atoms with Crippen LogP contribution in [0.25, 0.3) is 104 Å². The van der Waals surface area contributed by atoms with Crippen molar-refractivity contribution in [3.05, 3.63) is 236 Å². The van der Waals surface area contributed by atoms with Gasteiger partial charge in [-0.2, -0.15) is 0 Å². The molecule has 1 aliphatic carbocycles. The lowest BCUT2D eigenvalue weighted by molar-refractivity contribution is 1.18. The van der Waals surface area contributed by atoms with Crippen LogP contribution in [-0.2, 0) is 0 Å². The van der Waals surface area contributed by atoms with E-state index >= 15 is 0 Å². The molecule has 0 spiro atoms. The average molecular weight is 803 g/mol. The second-order valence-electron chi connectivity index (χ2n) is 16.7. The molecule has 63 heavy (non-hydrogen) atoms. The number of aromatic nitrogens is 1. The molecule has 0 bridgehead atoms. The van der Waals surface area contributed by atoms with Gasteiger partial charge in [0.25, 0.3) is 0 Å². The van der Waals surface area contributed by atoms with Crippen molar-refractivity contribution in [2.24, 2.45) is 0 Å². The van der Waals surface area contributed by atoms with E-state index < -0.39 is 0 Å². The molecule has 1 heterocycles. The number of hydrogen-bond acceptors (Lipinski definition) is 1. The van der Waals surface area contributed by atoms with Crippen LogP contribution in [0.1, 0.15) is 18.1 Å². The number of para-hydroxylation sites is 1. The Kier molecular flexibility index (Phi) is 8.58. The van der Waals surface area contributed by atoms with Gasteiger partial charge in [0.15, 0.2) is 0 Å². The largest absolute Gasteiger partial charge is 0.355 e. The summed E-state index contributed by atoms with van der Waals surface area (Å²) in [5.74, 6) is 0. The second-order valence-corrected chi connectivity index (χ2v) is 16.7. The molecule has 0 atom stereocenters. The number of nitrogens with one attached hydrogen (secondary N) is 1. The highest BCUT2D eigenvalue weighted by Crippen LogP contribution is 2.48. The van der Waals surface area contributed by atoms with E-state index in [0.29, 0.717) is 0 Å². The Labute approximate surface area is 367 Å². The molecule has 296 valence electrons. The van der Waals surface area contributed by atoms with Crippen molar-refractivity contribution < 1.29 is 0 Å². The summed E-state index contributed by atoms with van der Waals surface area (Å²) >= 11 is 0. The summed E-state index contributed by atoms with van der Waals surface area (Å²) < 4.78 is 2.40. The summed E-state index contributed by atoms with van der Waals surface area (Å²) in [7, 11) is 0. The highest BCUT2D eigenvalue weighted by molar-refractivity contribution is 6.16. The summed E-state index contributed by atoms with van der Waals surface area (Å²) in [5.41, 5.74) is 17.9. The predicted molar refractivity (Wildman–Crippen MR) is 271 cm³/mol. The van der Waals surface area contributed by atoms with Crippen LogP contribution >= 0.6 is 0 Å². The molecule has 1 N–H and O–H groups in total. The number of anilines is 2. The molecule has 0 saturated heterocycles. The molecule has 2 heteroatoms. The SMILES string of the molecule is C=C/C=C(\C=C(/C)c1ccc2ccccc2c1Nc1ccc2ccccc2c1)c1ccc2c(c1)c1ccccc1n2-c1ccc(-c2ccc3c(c2)-c2cccc4cccc-3c24)cc1. The summed E-state index contributed by atoms with van der Waals surface area (Å²) in [6, 6.07) is 73.1. The third-order valence-electron chi connectivity index (χ3n) is 13.0. The Bertz CT molecular complexity index is 3720. The number of rotatable bonds is 8. The third kappa shape index (κ3) is 6.10. The molecular weight excluding hydrogens is 761 g/mol. The van der Waals surface area contributed by atoms with Crippen LogP contribution < -0.4 is 5.32 Å². The molecule has 11 aromatic rings. The van der Waals surface area contributed by atoms with Gasteiger partial charge in [-0.05, 0) is 132 Å². The van der Waals surface area contributed by atoms with Gasteiger partial charge in [-0.3, -0.25) is 0 Å². The van der Waals surface area contributed by atoms with E-state index in [9.17, 15) is 0 Å². The lowest BCUT2D eigenvalue weighted by Gasteiger charge is -2.17. The molecule has 10 aromatic carbocycles. The van der Waals surface area contributed by atoms with Crippen LogP contribution in [0.3, 0.4) is 0 Å². The van der Waals surface area contributed by atoms with Crippen molar-refractivity contribution in [1.29, 1.82) is 0 Å². The van der Waals surface area contributed by atoms with Gasteiger partial charge in [-0.15, -0.1) is 0 Å². The molecular formula is C61H42N2. The molecule has 0 unspecified atom stereocenters. The Balaban J connectivity index is 0.906. The number of hydrogen-bond donors (Lipinski definition) is 1. The molecule has 0 saturated carbocycles. The fraction of sp³-hybridized carbons (Fsp3) is 0.0164. The minimum absolute atomic E-state index is 1.06. The van der Waals surface area contributed by atoms with Crippen molar-refractivity contribution in [2.45, 2.75) is 6.92 Å². The highest BCUT2D eigenvalue weighted by atomic mass is 15.0. The zero-order chi connectivity index (χ0) is 42.0. The quantitative estimate of drug-likeness (QED) is 0.151. The monoisotopic (exact) mass is 802 g/mol. The first-order valence-corrected chi connectivity index (χ1v) is 21.7. The summed E-state index contributed by atoms with van der Waals surface area (Å²) in [6.07, 6.45) is 6.32. The van der Waals surface area contributed by atoms with Crippen LogP contribution in [0.2, 0.25) is 0 Å². The van der Waals surface area contributed by atoms with Gasteiger partial charge >= 0.3 is 0 Å². The van der Waals surface area contributed by atoms with E-state index in [2.05, 4.69) is 236 Å². The fourth-order valence-corrected chi connectivity index (χ4v) is 10.0. The predicted octanol–water partition coefficient (Wildman–Crippen LogP) is 17.0. The van der Waals surface area contributed by atoms with Crippen LogP contribution in [0.5, 0.6) is 0 Å². The Morgan fingerprint density at radius 2 is 1.17 bits per heavy atom. The summed E-state index contributed by atoms with van der Waals surface area (Å²) in [5, 5.41) is 13.8. The maximum Gasteiger partial charge on any atom is 0.0541 e. The van der Waals surface area contributed by atoms with Gasteiger partial charge in [-0.25, -0.2) is 0 Å². The van der Waals surface area contributed by atoms with Crippen molar-refractivity contribution >= 4 is 76.6 Å². The summed E-state index contributed by atoms with van der Waals surface area (Å²) in [6.45, 7) is 6.35. The smallest absolute Gasteiger partial charge is 0.0541 e. The molecule has 0 fully saturated rings. The van der Waals surface area contributed by atoms with Crippen molar-refractivity contribution in [3.8, 4) is 39.1 Å². The minimum atomic E-state index is 1.06. The van der Waals surface area contributed by atoms with E-state index in [-0.39, 0.29) is 0 Å². The van der Waals surface area contributed by atoms with E-state index in [1.807, 2.05) is 6.08 Å². The van der Waals surface area contributed by atoms with Gasteiger partial charge in [0.05, 0.1) is 16.7 Å². The van der Waals surface area contributed by atoms with Gasteiger partial charge in [0, 0.05) is 33.1 Å². The molecule has 0 aliphatic heterocycles. The van der Waals surface area contributed by atoms with E-state index in [4.69, 9.17) is 0 Å². The van der Waals surface area contributed by atoms with Crippen LogP contribution in [0.15, 0.2) is 225 Å². The number of allylic oxidation sites excluding steroid dienone is 5. The van der Waals surface area contributed by atoms with Crippen molar-refractivity contribution in [3.63, 3.8) is 0 Å². The molecule has 1 aliphatic rings. The second kappa shape index (κ2) is 14.8. The Morgan fingerprint density at radius 1 is 0.492 bits per heavy atom. The lowest BCUT2D eigenvalue weighted by Crippen LogP contribution is -1.97. The zero-order valence-electron chi connectivity index (χ0n) is 34.9. The van der Waals surface area contributed by atoms with Crippen LogP contribution in [0, 0.1) is 0 Å². The van der Waals surface area contributed by atoms with E-state index in [1.54, 1.807) is 0 Å². The topological polar surface area (TPSA) is 17.0 Å². The molecule has 0 radical (unpaired) electrons. The van der Waals surface area contributed by atoms with E-state index in [1.165, 1.54) is 87.5 Å². The minimum Gasteiger partial charge on any atom is -0.355 e. The number of fused-ring (bicyclic) bond motifs is 8.